The highest BCUT2D eigenvalue weighted by Gasteiger charge is 2.54. The minimum atomic E-state index is -1.23. The van der Waals surface area contributed by atoms with Gasteiger partial charge in [-0.3, -0.25) is 15.1 Å². The third kappa shape index (κ3) is 3.69. The van der Waals surface area contributed by atoms with E-state index in [1.54, 1.807) is 0 Å². The molecule has 1 atom stereocenters. The molecule has 1 heterocycles. The molecule has 2 aromatic carbocycles. The molecule has 0 saturated carbocycles. The number of likely N-dealkylation sites (N-methyl/N-ethyl adjacent to an activating group) is 1. The predicted octanol–water partition coefficient (Wildman–Crippen LogP) is 3.64. The summed E-state index contributed by atoms with van der Waals surface area (Å²) in [5.74, 6) is 0.170. The number of rotatable bonds is 7. The van der Waals surface area contributed by atoms with Crippen molar-refractivity contribution < 1.29 is 14.4 Å². The Bertz CT molecular complexity index is 803. The van der Waals surface area contributed by atoms with Crippen molar-refractivity contribution in [3.05, 3.63) is 77.5 Å². The summed E-state index contributed by atoms with van der Waals surface area (Å²) in [5.41, 5.74) is 4.36. The fourth-order valence-electron chi connectivity index (χ4n) is 3.20. The van der Waals surface area contributed by atoms with E-state index < -0.39 is 5.60 Å². The number of ether oxygens (including phenoxy) is 1. The number of carbonyl (C=O) groups excluding carboxylic acids is 1. The zero-order valence-electron chi connectivity index (χ0n) is 16.0. The molecule has 1 unspecified atom stereocenters. The first-order valence-corrected chi connectivity index (χ1v) is 9.28. The van der Waals surface area contributed by atoms with Crippen molar-refractivity contribution in [1.82, 2.24) is 10.8 Å². The summed E-state index contributed by atoms with van der Waals surface area (Å²) in [6, 6.07) is 19.7. The van der Waals surface area contributed by atoms with Crippen LogP contribution < -0.4 is 10.8 Å². The van der Waals surface area contributed by atoms with Crippen LogP contribution in [0.2, 0.25) is 0 Å². The van der Waals surface area contributed by atoms with Crippen molar-refractivity contribution in [2.45, 2.75) is 33.0 Å². The Balaban J connectivity index is 2.04. The van der Waals surface area contributed by atoms with Crippen LogP contribution in [0.15, 0.2) is 66.4 Å². The molecule has 0 radical (unpaired) electrons. The first kappa shape index (κ1) is 19.0. The average Bonchev–Trinajstić information content (AvgIpc) is 3.08. The highest BCUT2D eigenvalue weighted by Crippen LogP contribution is 2.40. The minimum Gasteiger partial charge on any atom is -0.487 e. The highest BCUT2D eigenvalue weighted by atomic mass is 16.7. The summed E-state index contributed by atoms with van der Waals surface area (Å²) >= 11 is 0. The molecule has 1 aliphatic rings. The highest BCUT2D eigenvalue weighted by molar-refractivity contribution is 5.92. The number of hydrogen-bond acceptors (Lipinski definition) is 4. The van der Waals surface area contributed by atoms with Gasteiger partial charge in [-0.2, -0.15) is 0 Å². The van der Waals surface area contributed by atoms with Gasteiger partial charge in [0.1, 0.15) is 12.3 Å². The second-order valence-corrected chi connectivity index (χ2v) is 6.80. The quantitative estimate of drug-likeness (QED) is 0.785. The van der Waals surface area contributed by atoms with Crippen LogP contribution in [0, 0.1) is 5.92 Å². The van der Waals surface area contributed by atoms with Crippen molar-refractivity contribution in [3.8, 4) is 0 Å². The number of hydroxylamine groups is 1. The van der Waals surface area contributed by atoms with Crippen LogP contribution in [0.4, 0.5) is 0 Å². The Labute approximate surface area is 160 Å². The first-order valence-electron chi connectivity index (χ1n) is 9.28. The topological polar surface area (TPSA) is 59.6 Å². The number of amides is 1. The van der Waals surface area contributed by atoms with E-state index in [0.717, 1.165) is 11.1 Å². The van der Waals surface area contributed by atoms with Crippen LogP contribution in [0.3, 0.4) is 0 Å². The van der Waals surface area contributed by atoms with Gasteiger partial charge in [0.05, 0.1) is 0 Å². The number of benzene rings is 2. The van der Waals surface area contributed by atoms with E-state index in [2.05, 4.69) is 10.8 Å². The van der Waals surface area contributed by atoms with Crippen LogP contribution in [-0.4, -0.2) is 18.1 Å². The maximum Gasteiger partial charge on any atom is 0.263 e. The van der Waals surface area contributed by atoms with Crippen LogP contribution in [0.1, 0.15) is 31.9 Å². The molecule has 1 aliphatic heterocycles. The fraction of sp³-hybridized carbons (Fsp3) is 0.318. The molecular weight excluding hydrogens is 340 g/mol. The molecule has 5 nitrogen and oxygen atoms in total. The molecule has 0 fully saturated rings. The summed E-state index contributed by atoms with van der Waals surface area (Å²) in [6.07, 6.45) is 0. The Morgan fingerprint density at radius 3 is 2.33 bits per heavy atom. The largest absolute Gasteiger partial charge is 0.487 e. The molecular formula is C22H26N2O3. The summed E-state index contributed by atoms with van der Waals surface area (Å²) in [5, 5.41) is 2.89. The zero-order chi connectivity index (χ0) is 19.3. The Hall–Kier alpha value is -2.79. The van der Waals surface area contributed by atoms with Gasteiger partial charge in [-0.25, -0.2) is 0 Å². The molecule has 0 saturated heterocycles. The molecule has 0 bridgehead atoms. The van der Waals surface area contributed by atoms with Gasteiger partial charge in [0.2, 0.25) is 5.60 Å². The Morgan fingerprint density at radius 2 is 1.74 bits per heavy atom. The lowest BCUT2D eigenvalue weighted by atomic mass is 9.86. The van der Waals surface area contributed by atoms with Gasteiger partial charge >= 0.3 is 0 Å². The molecule has 2 N–H and O–H groups in total. The second kappa shape index (κ2) is 8.27. The average molecular weight is 366 g/mol. The maximum absolute atomic E-state index is 13.0. The molecule has 1 amide bonds. The van der Waals surface area contributed by atoms with E-state index in [4.69, 9.17) is 9.57 Å². The second-order valence-electron chi connectivity index (χ2n) is 6.80. The lowest BCUT2D eigenvalue weighted by molar-refractivity contribution is -0.156. The van der Waals surface area contributed by atoms with Crippen molar-refractivity contribution in [3.63, 3.8) is 0 Å². The smallest absolute Gasteiger partial charge is 0.263 e. The molecule has 27 heavy (non-hydrogen) atoms. The van der Waals surface area contributed by atoms with Gasteiger partial charge in [0.15, 0.2) is 5.76 Å². The standard InChI is InChI=1S/C22H26N2O3/c1-4-23-21(25)22(16(2)3)20(26-15-17-11-7-5-8-12-17)19(24-27-22)18-13-9-6-10-14-18/h5-14,16,24H,4,15H2,1-3H3,(H,23,25). The van der Waals surface area contributed by atoms with Crippen molar-refractivity contribution in [1.29, 1.82) is 0 Å². The van der Waals surface area contributed by atoms with E-state index in [-0.39, 0.29) is 11.8 Å². The fourth-order valence-corrected chi connectivity index (χ4v) is 3.20. The molecule has 5 heteroatoms. The SMILES string of the molecule is CCNC(=O)C1(C(C)C)ONC(c2ccccc2)=C1OCc1ccccc1. The molecule has 0 spiro atoms. The van der Waals surface area contributed by atoms with Crippen LogP contribution in [0.5, 0.6) is 0 Å². The third-order valence-electron chi connectivity index (χ3n) is 4.65. The van der Waals surface area contributed by atoms with Crippen LogP contribution >= 0.6 is 0 Å². The minimum absolute atomic E-state index is 0.136. The summed E-state index contributed by atoms with van der Waals surface area (Å²) in [7, 11) is 0. The molecule has 0 aromatic heterocycles. The van der Waals surface area contributed by atoms with Gasteiger partial charge in [-0.1, -0.05) is 74.5 Å². The van der Waals surface area contributed by atoms with Crippen molar-refractivity contribution in [2.24, 2.45) is 5.92 Å². The van der Waals surface area contributed by atoms with Gasteiger partial charge in [-0.15, -0.1) is 0 Å². The first-order chi connectivity index (χ1) is 13.1. The number of nitrogens with one attached hydrogen (secondary N) is 2. The number of carbonyl (C=O) groups is 1. The van der Waals surface area contributed by atoms with Crippen LogP contribution in [-0.2, 0) is 21.0 Å². The normalized spacial score (nSPS) is 19.1. The lowest BCUT2D eigenvalue weighted by Gasteiger charge is -2.31. The summed E-state index contributed by atoms with van der Waals surface area (Å²) < 4.78 is 6.23. The van der Waals surface area contributed by atoms with Crippen LogP contribution in [0.25, 0.3) is 5.70 Å². The van der Waals surface area contributed by atoms with E-state index in [1.165, 1.54) is 0 Å². The van der Waals surface area contributed by atoms with Gasteiger partial charge in [0, 0.05) is 18.0 Å². The van der Waals surface area contributed by atoms with E-state index in [0.29, 0.717) is 24.6 Å². The van der Waals surface area contributed by atoms with Gasteiger partial charge in [-0.05, 0) is 12.5 Å². The van der Waals surface area contributed by atoms with Gasteiger partial charge < -0.3 is 10.1 Å². The predicted molar refractivity (Wildman–Crippen MR) is 105 cm³/mol. The molecule has 2 aromatic rings. The van der Waals surface area contributed by atoms with E-state index in [9.17, 15) is 4.79 Å². The molecule has 3 rings (SSSR count). The molecule has 142 valence electrons. The van der Waals surface area contributed by atoms with Crippen molar-refractivity contribution >= 4 is 11.6 Å². The molecule has 0 aliphatic carbocycles. The Kier molecular flexibility index (Phi) is 5.81. The zero-order valence-corrected chi connectivity index (χ0v) is 16.0. The van der Waals surface area contributed by atoms with Gasteiger partial charge in [0.25, 0.3) is 5.91 Å². The summed E-state index contributed by atoms with van der Waals surface area (Å²) in [6.45, 7) is 6.67. The monoisotopic (exact) mass is 366 g/mol. The van der Waals surface area contributed by atoms with E-state index >= 15 is 0 Å². The third-order valence-corrected chi connectivity index (χ3v) is 4.65. The van der Waals surface area contributed by atoms with E-state index in [1.807, 2.05) is 81.4 Å². The van der Waals surface area contributed by atoms with Crippen molar-refractivity contribution in [2.75, 3.05) is 6.54 Å². The summed E-state index contributed by atoms with van der Waals surface area (Å²) in [4.78, 5) is 18.9. The maximum atomic E-state index is 13.0. The lowest BCUT2D eigenvalue weighted by Crippen LogP contribution is -2.53. The Morgan fingerprint density at radius 1 is 1.11 bits per heavy atom. The number of hydrogen-bond donors (Lipinski definition) is 2.